The lowest BCUT2D eigenvalue weighted by Crippen LogP contribution is -2.45. The number of ether oxygens (including phenoxy) is 3. The van der Waals surface area contributed by atoms with Gasteiger partial charge in [-0.2, -0.15) is 0 Å². The molecular weight excluding hydrogens is 398 g/mol. The fourth-order valence-electron chi connectivity index (χ4n) is 2.95. The number of esters is 2. The van der Waals surface area contributed by atoms with E-state index < -0.39 is 35.6 Å². The molecule has 7 nitrogen and oxygen atoms in total. The van der Waals surface area contributed by atoms with Crippen LogP contribution in [-0.4, -0.2) is 43.7 Å². The molecule has 2 rings (SSSR count). The highest BCUT2D eigenvalue weighted by molar-refractivity contribution is 5.90. The lowest BCUT2D eigenvalue weighted by molar-refractivity contribution is -0.146. The molecule has 0 heterocycles. The second-order valence-electron chi connectivity index (χ2n) is 8.01. The van der Waals surface area contributed by atoms with Crippen LogP contribution in [0.15, 0.2) is 54.6 Å². The van der Waals surface area contributed by atoms with E-state index in [2.05, 4.69) is 5.32 Å². The first-order valence-corrected chi connectivity index (χ1v) is 9.93. The molecule has 166 valence electrons. The van der Waals surface area contributed by atoms with Gasteiger partial charge in [-0.1, -0.05) is 42.5 Å². The number of methoxy groups -OCH3 is 2. The molecule has 0 aliphatic heterocycles. The molecular formula is C24H29NO6. The van der Waals surface area contributed by atoms with Crippen LogP contribution in [0.3, 0.4) is 0 Å². The van der Waals surface area contributed by atoms with Gasteiger partial charge < -0.3 is 19.5 Å². The van der Waals surface area contributed by atoms with Gasteiger partial charge in [0.25, 0.3) is 5.91 Å². The fourth-order valence-corrected chi connectivity index (χ4v) is 2.95. The van der Waals surface area contributed by atoms with E-state index in [0.717, 1.165) is 5.56 Å². The normalized spacial score (nSPS) is 13.1. The Balaban J connectivity index is 2.12. The van der Waals surface area contributed by atoms with Crippen molar-refractivity contribution in [3.05, 3.63) is 71.3 Å². The van der Waals surface area contributed by atoms with Gasteiger partial charge in [0.05, 0.1) is 12.7 Å². The van der Waals surface area contributed by atoms with Gasteiger partial charge in [-0.3, -0.25) is 4.79 Å². The minimum atomic E-state index is -0.911. The predicted octanol–water partition coefficient (Wildman–Crippen LogP) is 3.23. The average molecular weight is 427 g/mol. The quantitative estimate of drug-likeness (QED) is 0.651. The van der Waals surface area contributed by atoms with Gasteiger partial charge in [-0.25, -0.2) is 9.59 Å². The molecule has 1 N–H and O–H groups in total. The molecule has 0 saturated heterocycles. The van der Waals surface area contributed by atoms with Crippen molar-refractivity contribution < 1.29 is 28.6 Å². The van der Waals surface area contributed by atoms with Crippen LogP contribution in [0.4, 0.5) is 0 Å². The Bertz CT molecular complexity index is 887. The maximum absolute atomic E-state index is 12.8. The van der Waals surface area contributed by atoms with E-state index in [1.807, 2.05) is 6.07 Å². The van der Waals surface area contributed by atoms with Crippen molar-refractivity contribution in [2.45, 2.75) is 44.9 Å². The number of rotatable bonds is 8. The minimum absolute atomic E-state index is 0.193. The summed E-state index contributed by atoms with van der Waals surface area (Å²) in [5.74, 6) is -1.45. The molecule has 2 aromatic carbocycles. The standard InChI is InChI=1S/C24H29NO6/c1-24(2,3)31-22(27)18-13-11-16(12-14-18)15-19(23(28)30-5)25-21(26)20(29-4)17-9-7-6-8-10-17/h6-14,19-20H,15H2,1-5H3,(H,25,26)/t19-,20+/m0/s1. The molecule has 0 unspecified atom stereocenters. The van der Waals surface area contributed by atoms with Crippen molar-refractivity contribution in [1.29, 1.82) is 0 Å². The number of amides is 1. The van der Waals surface area contributed by atoms with Crippen LogP contribution in [0, 0.1) is 0 Å². The first kappa shape index (κ1) is 24.1. The van der Waals surface area contributed by atoms with Crippen LogP contribution in [0.25, 0.3) is 0 Å². The third-order valence-corrected chi connectivity index (χ3v) is 4.41. The number of carbonyl (C=O) groups excluding carboxylic acids is 3. The highest BCUT2D eigenvalue weighted by atomic mass is 16.6. The molecule has 0 fully saturated rings. The lowest BCUT2D eigenvalue weighted by Gasteiger charge is -2.21. The first-order valence-electron chi connectivity index (χ1n) is 9.93. The molecule has 0 aromatic heterocycles. The Morgan fingerprint density at radius 3 is 2.06 bits per heavy atom. The Morgan fingerprint density at radius 1 is 0.935 bits per heavy atom. The topological polar surface area (TPSA) is 90.9 Å². The van der Waals surface area contributed by atoms with Crippen LogP contribution in [0.5, 0.6) is 0 Å². The van der Waals surface area contributed by atoms with Crippen LogP contribution < -0.4 is 5.32 Å². The molecule has 0 spiro atoms. The van der Waals surface area contributed by atoms with Gasteiger partial charge in [0, 0.05) is 13.5 Å². The Kier molecular flexibility index (Phi) is 8.33. The second kappa shape index (κ2) is 10.7. The summed E-state index contributed by atoms with van der Waals surface area (Å²) in [4.78, 5) is 37.2. The zero-order valence-electron chi connectivity index (χ0n) is 18.5. The summed E-state index contributed by atoms with van der Waals surface area (Å²) >= 11 is 0. The summed E-state index contributed by atoms with van der Waals surface area (Å²) < 4.78 is 15.5. The molecule has 1 amide bonds. The maximum atomic E-state index is 12.8. The van der Waals surface area contributed by atoms with Gasteiger partial charge in [0.15, 0.2) is 6.10 Å². The van der Waals surface area contributed by atoms with E-state index in [1.165, 1.54) is 14.2 Å². The van der Waals surface area contributed by atoms with Gasteiger partial charge in [-0.05, 0) is 44.0 Å². The van der Waals surface area contributed by atoms with Crippen LogP contribution in [0.2, 0.25) is 0 Å². The number of benzene rings is 2. The molecule has 7 heteroatoms. The number of hydrogen-bond acceptors (Lipinski definition) is 6. The monoisotopic (exact) mass is 427 g/mol. The highest BCUT2D eigenvalue weighted by Crippen LogP contribution is 2.18. The van der Waals surface area contributed by atoms with Gasteiger partial charge >= 0.3 is 11.9 Å². The summed E-state index contributed by atoms with van der Waals surface area (Å²) in [5.41, 5.74) is 1.23. The Labute approximate surface area is 182 Å². The number of hydrogen-bond donors (Lipinski definition) is 1. The van der Waals surface area contributed by atoms with E-state index in [-0.39, 0.29) is 6.42 Å². The van der Waals surface area contributed by atoms with E-state index >= 15 is 0 Å². The van der Waals surface area contributed by atoms with Crippen LogP contribution in [0.1, 0.15) is 48.4 Å². The van der Waals surface area contributed by atoms with Crippen LogP contribution >= 0.6 is 0 Å². The third kappa shape index (κ3) is 7.22. The van der Waals surface area contributed by atoms with Crippen molar-refractivity contribution in [3.8, 4) is 0 Å². The lowest BCUT2D eigenvalue weighted by atomic mass is 10.0. The molecule has 2 atom stereocenters. The van der Waals surface area contributed by atoms with Crippen molar-refractivity contribution in [2.75, 3.05) is 14.2 Å². The van der Waals surface area contributed by atoms with E-state index in [4.69, 9.17) is 14.2 Å². The van der Waals surface area contributed by atoms with E-state index in [9.17, 15) is 14.4 Å². The minimum Gasteiger partial charge on any atom is -0.467 e. The smallest absolute Gasteiger partial charge is 0.338 e. The fraction of sp³-hybridized carbons (Fsp3) is 0.375. The van der Waals surface area contributed by atoms with Gasteiger partial charge in [0.1, 0.15) is 11.6 Å². The van der Waals surface area contributed by atoms with E-state index in [1.54, 1.807) is 69.3 Å². The van der Waals surface area contributed by atoms with Gasteiger partial charge in [0.2, 0.25) is 0 Å². The largest absolute Gasteiger partial charge is 0.467 e. The summed E-state index contributed by atoms with van der Waals surface area (Å²) in [6.45, 7) is 5.39. The molecule has 0 saturated carbocycles. The molecule has 0 aliphatic rings. The van der Waals surface area contributed by atoms with Crippen molar-refractivity contribution >= 4 is 17.8 Å². The maximum Gasteiger partial charge on any atom is 0.338 e. The molecule has 2 aromatic rings. The third-order valence-electron chi connectivity index (χ3n) is 4.41. The molecule has 0 aliphatic carbocycles. The summed E-state index contributed by atoms with van der Waals surface area (Å²) in [6.07, 6.45) is -0.666. The first-order chi connectivity index (χ1) is 14.6. The van der Waals surface area contributed by atoms with Gasteiger partial charge in [-0.15, -0.1) is 0 Å². The Hall–Kier alpha value is -3.19. The second-order valence-corrected chi connectivity index (χ2v) is 8.01. The van der Waals surface area contributed by atoms with Crippen molar-refractivity contribution in [1.82, 2.24) is 5.32 Å². The summed E-state index contributed by atoms with van der Waals surface area (Å²) in [7, 11) is 2.69. The Morgan fingerprint density at radius 2 is 1.55 bits per heavy atom. The number of nitrogens with one attached hydrogen (secondary N) is 1. The predicted molar refractivity (Wildman–Crippen MR) is 115 cm³/mol. The molecule has 0 bridgehead atoms. The van der Waals surface area contributed by atoms with Crippen LogP contribution in [-0.2, 0) is 30.2 Å². The summed E-state index contributed by atoms with van der Waals surface area (Å²) in [5, 5.41) is 2.70. The summed E-state index contributed by atoms with van der Waals surface area (Å²) in [6, 6.07) is 14.8. The van der Waals surface area contributed by atoms with Crippen molar-refractivity contribution in [2.24, 2.45) is 0 Å². The molecule has 0 radical (unpaired) electrons. The van der Waals surface area contributed by atoms with E-state index in [0.29, 0.717) is 11.1 Å². The van der Waals surface area contributed by atoms with Crippen molar-refractivity contribution in [3.63, 3.8) is 0 Å². The zero-order chi connectivity index (χ0) is 23.0. The number of carbonyl (C=O) groups is 3. The average Bonchev–Trinajstić information content (AvgIpc) is 2.73. The molecule has 31 heavy (non-hydrogen) atoms. The zero-order valence-corrected chi connectivity index (χ0v) is 18.5. The SMILES string of the molecule is COC(=O)[C@H](Cc1ccc(C(=O)OC(C)(C)C)cc1)NC(=O)[C@H](OC)c1ccccc1. The highest BCUT2D eigenvalue weighted by Gasteiger charge is 2.27.